The van der Waals surface area contributed by atoms with E-state index in [-0.39, 0.29) is 17.6 Å². The highest BCUT2D eigenvalue weighted by Crippen LogP contribution is 2.48. The Bertz CT molecular complexity index is 177. The number of ether oxygens (including phenoxy) is 1. The van der Waals surface area contributed by atoms with Gasteiger partial charge in [0.1, 0.15) is 0 Å². The van der Waals surface area contributed by atoms with Crippen LogP contribution in [0, 0.1) is 11.3 Å². The van der Waals surface area contributed by atoms with Crippen LogP contribution in [0.1, 0.15) is 40.5 Å². The van der Waals surface area contributed by atoms with E-state index in [2.05, 4.69) is 27.7 Å². The molecule has 0 radical (unpaired) electrons. The van der Waals surface area contributed by atoms with Crippen LogP contribution in [0.15, 0.2) is 0 Å². The van der Waals surface area contributed by atoms with Crippen molar-refractivity contribution < 1.29 is 9.84 Å². The van der Waals surface area contributed by atoms with Gasteiger partial charge in [-0.1, -0.05) is 20.8 Å². The Labute approximate surface area is 81.3 Å². The zero-order valence-corrected chi connectivity index (χ0v) is 9.26. The summed E-state index contributed by atoms with van der Waals surface area (Å²) < 4.78 is 5.86. The van der Waals surface area contributed by atoms with Gasteiger partial charge in [-0.15, -0.1) is 0 Å². The summed E-state index contributed by atoms with van der Waals surface area (Å²) in [5, 5.41) is 8.93. The molecule has 1 N–H and O–H groups in total. The Kier molecular flexibility index (Phi) is 3.03. The van der Waals surface area contributed by atoms with E-state index in [1.54, 1.807) is 0 Å². The van der Waals surface area contributed by atoms with Gasteiger partial charge < -0.3 is 9.84 Å². The highest BCUT2D eigenvalue weighted by Gasteiger charge is 2.49. The molecule has 1 aliphatic rings. The van der Waals surface area contributed by atoms with Crippen molar-refractivity contribution in [2.24, 2.45) is 11.3 Å². The van der Waals surface area contributed by atoms with Gasteiger partial charge >= 0.3 is 0 Å². The normalized spacial score (nSPS) is 34.8. The van der Waals surface area contributed by atoms with E-state index >= 15 is 0 Å². The molecule has 1 rings (SSSR count). The smallest absolute Gasteiger partial charge is 0.0732 e. The van der Waals surface area contributed by atoms with Crippen LogP contribution in [-0.4, -0.2) is 23.9 Å². The highest BCUT2D eigenvalue weighted by molar-refractivity contribution is 4.98. The third-order valence-electron chi connectivity index (χ3n) is 3.98. The predicted octanol–water partition coefficient (Wildman–Crippen LogP) is 2.21. The highest BCUT2D eigenvalue weighted by atomic mass is 16.5. The predicted molar refractivity (Wildman–Crippen MR) is 53.6 cm³/mol. The average Bonchev–Trinajstić information content (AvgIpc) is 2.28. The molecule has 2 nitrogen and oxygen atoms in total. The van der Waals surface area contributed by atoms with Gasteiger partial charge in [-0.2, -0.15) is 0 Å². The molecule has 0 aromatic heterocycles. The summed E-state index contributed by atoms with van der Waals surface area (Å²) in [4.78, 5) is 0. The Morgan fingerprint density at radius 2 is 2.00 bits per heavy atom. The SMILES string of the molecule is CC(CCO)C1(C)OCCC1(C)C. The van der Waals surface area contributed by atoms with Crippen LogP contribution in [0.5, 0.6) is 0 Å². The second-order valence-corrected chi connectivity index (χ2v) is 5.00. The molecule has 1 aliphatic heterocycles. The molecule has 2 atom stereocenters. The number of hydrogen-bond acceptors (Lipinski definition) is 2. The maximum Gasteiger partial charge on any atom is 0.0732 e. The van der Waals surface area contributed by atoms with Gasteiger partial charge in [-0.05, 0) is 31.1 Å². The average molecular weight is 186 g/mol. The largest absolute Gasteiger partial charge is 0.396 e. The number of aliphatic hydroxyl groups excluding tert-OH is 1. The first kappa shape index (κ1) is 11.0. The van der Waals surface area contributed by atoms with Crippen LogP contribution in [0.4, 0.5) is 0 Å². The van der Waals surface area contributed by atoms with Crippen molar-refractivity contribution in [3.8, 4) is 0 Å². The van der Waals surface area contributed by atoms with Crippen LogP contribution in [0.25, 0.3) is 0 Å². The fraction of sp³-hybridized carbons (Fsp3) is 1.00. The zero-order chi connectivity index (χ0) is 10.1. The quantitative estimate of drug-likeness (QED) is 0.732. The van der Waals surface area contributed by atoms with E-state index in [0.717, 1.165) is 19.4 Å². The van der Waals surface area contributed by atoms with E-state index in [0.29, 0.717) is 5.92 Å². The second-order valence-electron chi connectivity index (χ2n) is 5.00. The third-order valence-corrected chi connectivity index (χ3v) is 3.98. The minimum absolute atomic E-state index is 0.0598. The fourth-order valence-corrected chi connectivity index (χ4v) is 2.24. The molecule has 0 aliphatic carbocycles. The maximum absolute atomic E-state index is 8.93. The van der Waals surface area contributed by atoms with Gasteiger partial charge in [0.2, 0.25) is 0 Å². The molecule has 78 valence electrons. The molecule has 0 aromatic carbocycles. The van der Waals surface area contributed by atoms with E-state index < -0.39 is 0 Å². The van der Waals surface area contributed by atoms with Gasteiger partial charge in [-0.3, -0.25) is 0 Å². The molecule has 13 heavy (non-hydrogen) atoms. The Balaban J connectivity index is 2.74. The van der Waals surface area contributed by atoms with Crippen molar-refractivity contribution in [2.75, 3.05) is 13.2 Å². The van der Waals surface area contributed by atoms with Gasteiger partial charge in [0.25, 0.3) is 0 Å². The topological polar surface area (TPSA) is 29.5 Å². The Morgan fingerprint density at radius 1 is 1.38 bits per heavy atom. The lowest BCUT2D eigenvalue weighted by molar-refractivity contribution is -0.0816. The lowest BCUT2D eigenvalue weighted by Crippen LogP contribution is -2.44. The molecular formula is C11H22O2. The fourth-order valence-electron chi connectivity index (χ4n) is 2.24. The van der Waals surface area contributed by atoms with Gasteiger partial charge in [0.05, 0.1) is 5.60 Å². The third kappa shape index (κ3) is 1.75. The molecule has 2 unspecified atom stereocenters. The van der Waals surface area contributed by atoms with Crippen LogP contribution >= 0.6 is 0 Å². The lowest BCUT2D eigenvalue weighted by atomic mass is 9.69. The van der Waals surface area contributed by atoms with Gasteiger partial charge in [0.15, 0.2) is 0 Å². The molecule has 1 fully saturated rings. The molecule has 0 saturated carbocycles. The molecule has 0 aromatic rings. The van der Waals surface area contributed by atoms with Crippen molar-refractivity contribution in [2.45, 2.75) is 46.1 Å². The van der Waals surface area contributed by atoms with Crippen molar-refractivity contribution in [1.29, 1.82) is 0 Å². The first-order valence-corrected chi connectivity index (χ1v) is 5.19. The molecule has 1 saturated heterocycles. The first-order chi connectivity index (χ1) is 5.94. The number of aliphatic hydroxyl groups is 1. The minimum atomic E-state index is -0.0598. The Morgan fingerprint density at radius 3 is 2.38 bits per heavy atom. The van der Waals surface area contributed by atoms with Gasteiger partial charge in [0, 0.05) is 13.2 Å². The van der Waals surface area contributed by atoms with Crippen LogP contribution in [0.2, 0.25) is 0 Å². The van der Waals surface area contributed by atoms with Crippen LogP contribution in [-0.2, 0) is 4.74 Å². The molecule has 0 amide bonds. The standard InChI is InChI=1S/C11H22O2/c1-9(5-7-12)11(4)10(2,3)6-8-13-11/h9,12H,5-8H2,1-4H3. The molecular weight excluding hydrogens is 164 g/mol. The summed E-state index contributed by atoms with van der Waals surface area (Å²) in [5.74, 6) is 0.426. The Hall–Kier alpha value is -0.0800. The lowest BCUT2D eigenvalue weighted by Gasteiger charge is -2.41. The van der Waals surface area contributed by atoms with E-state index in [1.165, 1.54) is 0 Å². The van der Waals surface area contributed by atoms with E-state index in [1.807, 2.05) is 0 Å². The summed E-state index contributed by atoms with van der Waals surface area (Å²) in [6.07, 6.45) is 1.96. The van der Waals surface area contributed by atoms with E-state index in [9.17, 15) is 0 Å². The first-order valence-electron chi connectivity index (χ1n) is 5.19. The van der Waals surface area contributed by atoms with Crippen LogP contribution < -0.4 is 0 Å². The summed E-state index contributed by atoms with van der Waals surface area (Å²) in [6, 6.07) is 0. The molecule has 2 heteroatoms. The maximum atomic E-state index is 8.93. The summed E-state index contributed by atoms with van der Waals surface area (Å²) in [5.41, 5.74) is 0.178. The summed E-state index contributed by atoms with van der Waals surface area (Å²) in [7, 11) is 0. The van der Waals surface area contributed by atoms with Crippen LogP contribution in [0.3, 0.4) is 0 Å². The molecule has 0 spiro atoms. The van der Waals surface area contributed by atoms with E-state index in [4.69, 9.17) is 9.84 Å². The summed E-state index contributed by atoms with van der Waals surface area (Å²) >= 11 is 0. The zero-order valence-electron chi connectivity index (χ0n) is 9.26. The van der Waals surface area contributed by atoms with Gasteiger partial charge in [-0.25, -0.2) is 0 Å². The summed E-state index contributed by atoms with van der Waals surface area (Å²) in [6.45, 7) is 9.99. The number of hydrogen-bond donors (Lipinski definition) is 1. The monoisotopic (exact) mass is 186 g/mol. The van der Waals surface area contributed by atoms with Crippen molar-refractivity contribution in [3.63, 3.8) is 0 Å². The van der Waals surface area contributed by atoms with Crippen molar-refractivity contribution >= 4 is 0 Å². The molecule has 0 bridgehead atoms. The molecule has 1 heterocycles. The minimum Gasteiger partial charge on any atom is -0.396 e. The second kappa shape index (κ2) is 3.58. The van der Waals surface area contributed by atoms with Crippen molar-refractivity contribution in [1.82, 2.24) is 0 Å². The van der Waals surface area contributed by atoms with Crippen molar-refractivity contribution in [3.05, 3.63) is 0 Å². The number of rotatable bonds is 3.